The maximum absolute atomic E-state index is 13.4. The molecule has 7 nitrogen and oxygen atoms in total. The fourth-order valence-corrected chi connectivity index (χ4v) is 6.62. The van der Waals surface area contributed by atoms with Crippen LogP contribution in [-0.4, -0.2) is 75.6 Å². The van der Waals surface area contributed by atoms with Crippen LogP contribution in [0.25, 0.3) is 10.9 Å². The van der Waals surface area contributed by atoms with Gasteiger partial charge < -0.3 is 9.80 Å². The van der Waals surface area contributed by atoms with E-state index in [4.69, 9.17) is 7.85 Å². The first-order chi connectivity index (χ1) is 16.8. The number of pyridine rings is 1. The summed E-state index contributed by atoms with van der Waals surface area (Å²) in [5, 5.41) is 1.12. The van der Waals surface area contributed by atoms with Gasteiger partial charge in [0.15, 0.2) is 0 Å². The summed E-state index contributed by atoms with van der Waals surface area (Å²) in [4.78, 5) is 22.3. The summed E-state index contributed by atoms with van der Waals surface area (Å²) in [5.74, 6) is -0.263. The van der Waals surface area contributed by atoms with E-state index in [0.717, 1.165) is 29.7 Å². The second-order valence-corrected chi connectivity index (χ2v) is 11.4. The number of carbonyl (C=O) groups is 1. The molecule has 3 heterocycles. The molecule has 0 N–H and O–H groups in total. The van der Waals surface area contributed by atoms with Crippen molar-refractivity contribution in [2.75, 3.05) is 44.2 Å². The van der Waals surface area contributed by atoms with E-state index < -0.39 is 10.0 Å². The quantitative estimate of drug-likeness (QED) is 0.526. The van der Waals surface area contributed by atoms with Gasteiger partial charge in [0.2, 0.25) is 15.9 Å². The van der Waals surface area contributed by atoms with E-state index in [2.05, 4.69) is 35.0 Å². The van der Waals surface area contributed by atoms with Crippen molar-refractivity contribution in [3.05, 3.63) is 60.3 Å². The zero-order valence-corrected chi connectivity index (χ0v) is 20.7. The first kappa shape index (κ1) is 23.8. The average Bonchev–Trinajstić information content (AvgIpc) is 2.88. The molecule has 0 saturated carbocycles. The molecule has 5 rings (SSSR count). The van der Waals surface area contributed by atoms with Gasteiger partial charge >= 0.3 is 0 Å². The van der Waals surface area contributed by atoms with Gasteiger partial charge in [-0.1, -0.05) is 29.7 Å². The fraction of sp³-hybridized carbons (Fsp3) is 0.385. The number of nitrogens with zero attached hydrogens (tertiary/aromatic N) is 4. The molecule has 2 aromatic carbocycles. The summed E-state index contributed by atoms with van der Waals surface area (Å²) in [6.45, 7) is 5.42. The minimum Gasteiger partial charge on any atom is -0.367 e. The normalized spacial score (nSPS) is 19.7. The van der Waals surface area contributed by atoms with E-state index in [0.29, 0.717) is 37.9 Å². The summed E-state index contributed by atoms with van der Waals surface area (Å²) in [6, 6.07) is 14.6. The third-order valence-corrected chi connectivity index (χ3v) is 8.94. The molecule has 0 spiro atoms. The maximum Gasteiger partial charge on any atom is 0.243 e. The minimum atomic E-state index is -3.65. The Balaban J connectivity index is 1.24. The molecular formula is C26H29BN4O3S. The van der Waals surface area contributed by atoms with Crippen LogP contribution in [-0.2, 0) is 14.8 Å². The Kier molecular flexibility index (Phi) is 6.55. The number of aryl methyl sites for hydroxylation is 1. The number of hydrogen-bond donors (Lipinski definition) is 0. The van der Waals surface area contributed by atoms with E-state index in [1.165, 1.54) is 22.0 Å². The highest BCUT2D eigenvalue weighted by molar-refractivity contribution is 7.89. The highest BCUT2D eigenvalue weighted by atomic mass is 32.2. The molecule has 0 bridgehead atoms. The number of anilines is 1. The third-order valence-electron chi connectivity index (χ3n) is 7.06. The van der Waals surface area contributed by atoms with Gasteiger partial charge in [0.25, 0.3) is 0 Å². The Morgan fingerprint density at radius 2 is 1.74 bits per heavy atom. The monoisotopic (exact) mass is 488 g/mol. The molecule has 2 saturated heterocycles. The van der Waals surface area contributed by atoms with Crippen molar-refractivity contribution < 1.29 is 13.2 Å². The van der Waals surface area contributed by atoms with Crippen molar-refractivity contribution >= 4 is 45.8 Å². The van der Waals surface area contributed by atoms with Crippen molar-refractivity contribution in [1.29, 1.82) is 0 Å². The van der Waals surface area contributed by atoms with Gasteiger partial charge in [0, 0.05) is 56.5 Å². The smallest absolute Gasteiger partial charge is 0.243 e. The van der Waals surface area contributed by atoms with E-state index >= 15 is 0 Å². The number of piperazine rings is 1. The number of fused-ring (bicyclic) bond motifs is 1. The van der Waals surface area contributed by atoms with Crippen LogP contribution in [0, 0.1) is 12.8 Å². The molecule has 9 heteroatoms. The molecule has 180 valence electrons. The lowest BCUT2D eigenvalue weighted by atomic mass is 9.97. The van der Waals surface area contributed by atoms with Gasteiger partial charge in [-0.3, -0.25) is 9.78 Å². The SMILES string of the molecule is [B]c1ccc(S(=O)(=O)N2CCCC(C(=O)N3CCN(c4ccnc5cc(C)ccc45)CC3)C2)cc1. The molecule has 1 atom stereocenters. The second-order valence-electron chi connectivity index (χ2n) is 9.43. The van der Waals surface area contributed by atoms with Crippen molar-refractivity contribution in [2.45, 2.75) is 24.7 Å². The lowest BCUT2D eigenvalue weighted by molar-refractivity contribution is -0.137. The van der Waals surface area contributed by atoms with Gasteiger partial charge in [0.1, 0.15) is 7.85 Å². The van der Waals surface area contributed by atoms with Crippen molar-refractivity contribution in [3.8, 4) is 0 Å². The van der Waals surface area contributed by atoms with Crippen LogP contribution in [0.3, 0.4) is 0 Å². The number of hydrogen-bond acceptors (Lipinski definition) is 5. The third kappa shape index (κ3) is 4.79. The Hall–Kier alpha value is -2.91. The van der Waals surface area contributed by atoms with Crippen LogP contribution >= 0.6 is 0 Å². The van der Waals surface area contributed by atoms with Crippen LogP contribution in [0.5, 0.6) is 0 Å². The Morgan fingerprint density at radius 1 is 1.00 bits per heavy atom. The minimum absolute atomic E-state index is 0.0528. The topological polar surface area (TPSA) is 73.8 Å². The number of carbonyl (C=O) groups excluding carboxylic acids is 1. The molecule has 2 aliphatic rings. The summed E-state index contributed by atoms with van der Waals surface area (Å²) < 4.78 is 27.7. The number of sulfonamides is 1. The molecule has 2 aliphatic heterocycles. The Morgan fingerprint density at radius 3 is 2.49 bits per heavy atom. The largest absolute Gasteiger partial charge is 0.367 e. The van der Waals surface area contributed by atoms with E-state index in [-0.39, 0.29) is 23.3 Å². The van der Waals surface area contributed by atoms with Crippen molar-refractivity contribution in [1.82, 2.24) is 14.2 Å². The molecule has 3 aromatic rings. The summed E-state index contributed by atoms with van der Waals surface area (Å²) in [5.41, 5.74) is 3.81. The molecule has 35 heavy (non-hydrogen) atoms. The van der Waals surface area contributed by atoms with Crippen molar-refractivity contribution in [2.24, 2.45) is 5.92 Å². The first-order valence-electron chi connectivity index (χ1n) is 12.1. The lowest BCUT2D eigenvalue weighted by Crippen LogP contribution is -2.53. The molecule has 1 aromatic heterocycles. The highest BCUT2D eigenvalue weighted by Crippen LogP contribution is 2.28. The van der Waals surface area contributed by atoms with Crippen molar-refractivity contribution in [3.63, 3.8) is 0 Å². The second kappa shape index (κ2) is 9.62. The zero-order chi connectivity index (χ0) is 24.6. The first-order valence-corrected chi connectivity index (χ1v) is 13.5. The Labute approximate surface area is 208 Å². The number of rotatable bonds is 4. The molecule has 1 amide bonds. The predicted octanol–water partition coefficient (Wildman–Crippen LogP) is 2.09. The van der Waals surface area contributed by atoms with E-state index in [9.17, 15) is 13.2 Å². The van der Waals surface area contributed by atoms with Gasteiger partial charge in [-0.05, 0) is 49.6 Å². The van der Waals surface area contributed by atoms with Gasteiger partial charge in [0.05, 0.1) is 16.3 Å². The van der Waals surface area contributed by atoms with Crippen LogP contribution in [0.15, 0.2) is 59.6 Å². The van der Waals surface area contributed by atoms with Gasteiger partial charge in [-0.25, -0.2) is 8.42 Å². The van der Waals surface area contributed by atoms with Crippen LogP contribution in [0.2, 0.25) is 0 Å². The number of benzene rings is 2. The summed E-state index contributed by atoms with van der Waals surface area (Å²) >= 11 is 0. The van der Waals surface area contributed by atoms with E-state index in [1.807, 2.05) is 17.2 Å². The number of amides is 1. The summed E-state index contributed by atoms with van der Waals surface area (Å²) in [6.07, 6.45) is 3.22. The molecule has 2 radical (unpaired) electrons. The molecular weight excluding hydrogens is 459 g/mol. The van der Waals surface area contributed by atoms with Crippen LogP contribution in [0.1, 0.15) is 18.4 Å². The van der Waals surface area contributed by atoms with Gasteiger partial charge in [-0.2, -0.15) is 4.31 Å². The van der Waals surface area contributed by atoms with E-state index in [1.54, 1.807) is 12.1 Å². The predicted molar refractivity (Wildman–Crippen MR) is 139 cm³/mol. The fourth-order valence-electron chi connectivity index (χ4n) is 5.10. The lowest BCUT2D eigenvalue weighted by Gasteiger charge is -2.39. The summed E-state index contributed by atoms with van der Waals surface area (Å²) in [7, 11) is 2.06. The van der Waals surface area contributed by atoms with Gasteiger partial charge in [-0.15, -0.1) is 0 Å². The molecule has 0 aliphatic carbocycles. The van der Waals surface area contributed by atoms with Crippen LogP contribution in [0.4, 0.5) is 5.69 Å². The Bertz CT molecular complexity index is 1340. The molecule has 1 unspecified atom stereocenters. The van der Waals surface area contributed by atoms with Crippen LogP contribution < -0.4 is 10.4 Å². The maximum atomic E-state index is 13.4. The molecule has 2 fully saturated rings. The standard InChI is InChI=1S/C26H29BN4O3S/c1-19-4-9-23-24(17-19)28-11-10-25(23)29-13-15-30(16-14-29)26(32)20-3-2-12-31(18-20)35(33,34)22-7-5-21(27)6-8-22/h4-11,17,20H,2-3,12-16,18H2,1H3. The highest BCUT2D eigenvalue weighted by Gasteiger charge is 2.36. The average molecular weight is 488 g/mol. The zero-order valence-electron chi connectivity index (χ0n) is 19.9. The number of piperidine rings is 1. The number of aromatic nitrogens is 1.